The Morgan fingerprint density at radius 2 is 1.74 bits per heavy atom. The SMILES string of the molecule is Cc1nc(CSC(C)(C)C)nc(C)c1CNC1CC1. The fourth-order valence-corrected chi connectivity index (χ4v) is 2.64. The molecular weight excluding hydrogens is 254 g/mol. The summed E-state index contributed by atoms with van der Waals surface area (Å²) in [6, 6.07) is 0.731. The maximum atomic E-state index is 4.66. The molecule has 0 spiro atoms. The number of nitrogens with zero attached hydrogens (tertiary/aromatic N) is 2. The summed E-state index contributed by atoms with van der Waals surface area (Å²) < 4.78 is 0.261. The summed E-state index contributed by atoms with van der Waals surface area (Å²) in [4.78, 5) is 9.33. The van der Waals surface area contributed by atoms with Gasteiger partial charge >= 0.3 is 0 Å². The molecule has 1 heterocycles. The lowest BCUT2D eigenvalue weighted by atomic mass is 10.1. The number of nitrogens with one attached hydrogen (secondary N) is 1. The molecule has 1 aliphatic carbocycles. The molecule has 0 aliphatic heterocycles. The third-order valence-electron chi connectivity index (χ3n) is 3.25. The van der Waals surface area contributed by atoms with Crippen molar-refractivity contribution in [1.29, 1.82) is 0 Å². The molecule has 19 heavy (non-hydrogen) atoms. The van der Waals surface area contributed by atoms with Crippen molar-refractivity contribution in [3.05, 3.63) is 22.8 Å². The van der Waals surface area contributed by atoms with E-state index < -0.39 is 0 Å². The Labute approximate surface area is 121 Å². The molecule has 1 N–H and O–H groups in total. The van der Waals surface area contributed by atoms with Crippen LogP contribution in [0.25, 0.3) is 0 Å². The van der Waals surface area contributed by atoms with Crippen LogP contribution in [0.1, 0.15) is 56.4 Å². The summed E-state index contributed by atoms with van der Waals surface area (Å²) in [7, 11) is 0. The van der Waals surface area contributed by atoms with Crippen molar-refractivity contribution in [1.82, 2.24) is 15.3 Å². The first kappa shape index (κ1) is 14.8. The highest BCUT2D eigenvalue weighted by Gasteiger charge is 2.21. The highest BCUT2D eigenvalue weighted by Crippen LogP contribution is 2.26. The second-order valence-corrected chi connectivity index (χ2v) is 8.15. The molecule has 2 rings (SSSR count). The molecule has 1 fully saturated rings. The molecule has 4 heteroatoms. The molecule has 3 nitrogen and oxygen atoms in total. The van der Waals surface area contributed by atoms with Crippen molar-refractivity contribution in [3.8, 4) is 0 Å². The molecule has 1 saturated carbocycles. The Bertz CT molecular complexity index is 424. The number of aromatic nitrogens is 2. The quantitative estimate of drug-likeness (QED) is 0.896. The number of thioether (sulfide) groups is 1. The Morgan fingerprint density at radius 1 is 1.16 bits per heavy atom. The van der Waals surface area contributed by atoms with Crippen LogP contribution in [-0.4, -0.2) is 20.8 Å². The van der Waals surface area contributed by atoms with E-state index in [1.807, 2.05) is 11.8 Å². The maximum Gasteiger partial charge on any atom is 0.138 e. The van der Waals surface area contributed by atoms with Gasteiger partial charge in [-0.05, 0) is 26.7 Å². The predicted molar refractivity (Wildman–Crippen MR) is 82.4 cm³/mol. The minimum atomic E-state index is 0.261. The molecular formula is C15H25N3S. The number of rotatable bonds is 5. The molecule has 0 bridgehead atoms. The van der Waals surface area contributed by atoms with Gasteiger partial charge in [-0.1, -0.05) is 20.8 Å². The van der Waals surface area contributed by atoms with E-state index in [0.717, 1.165) is 35.6 Å². The summed E-state index contributed by atoms with van der Waals surface area (Å²) in [5.41, 5.74) is 3.53. The van der Waals surface area contributed by atoms with Crippen molar-refractivity contribution in [2.75, 3.05) is 0 Å². The minimum absolute atomic E-state index is 0.261. The molecule has 1 aromatic rings. The lowest BCUT2D eigenvalue weighted by Gasteiger charge is -2.17. The Morgan fingerprint density at radius 3 is 2.21 bits per heavy atom. The number of hydrogen-bond acceptors (Lipinski definition) is 4. The normalized spacial score (nSPS) is 15.8. The molecule has 1 aliphatic rings. The van der Waals surface area contributed by atoms with Crippen molar-refractivity contribution in [2.24, 2.45) is 0 Å². The van der Waals surface area contributed by atoms with Gasteiger partial charge in [-0.3, -0.25) is 0 Å². The molecule has 1 aromatic heterocycles. The second kappa shape index (κ2) is 5.80. The van der Waals surface area contributed by atoms with Crippen molar-refractivity contribution < 1.29 is 0 Å². The third-order valence-corrected chi connectivity index (χ3v) is 4.51. The van der Waals surface area contributed by atoms with Gasteiger partial charge in [-0.25, -0.2) is 9.97 Å². The van der Waals surface area contributed by atoms with Crippen LogP contribution in [0.3, 0.4) is 0 Å². The summed E-state index contributed by atoms with van der Waals surface area (Å²) in [5.74, 6) is 1.85. The predicted octanol–water partition coefficient (Wildman–Crippen LogP) is 3.38. The van der Waals surface area contributed by atoms with Gasteiger partial charge in [0.15, 0.2) is 0 Å². The van der Waals surface area contributed by atoms with Gasteiger partial charge in [0.25, 0.3) is 0 Å². The van der Waals surface area contributed by atoms with Crippen LogP contribution in [0.4, 0.5) is 0 Å². The van der Waals surface area contributed by atoms with E-state index in [2.05, 4.69) is 49.9 Å². The summed E-state index contributed by atoms with van der Waals surface area (Å²) in [6.45, 7) is 11.8. The fraction of sp³-hybridized carbons (Fsp3) is 0.733. The summed E-state index contributed by atoms with van der Waals surface area (Å²) >= 11 is 1.90. The molecule has 0 atom stereocenters. The van der Waals surface area contributed by atoms with Crippen molar-refractivity contribution in [3.63, 3.8) is 0 Å². The zero-order valence-electron chi connectivity index (χ0n) is 12.7. The Hall–Kier alpha value is -0.610. The molecule has 0 amide bonds. The minimum Gasteiger partial charge on any atom is -0.310 e. The monoisotopic (exact) mass is 279 g/mol. The van der Waals surface area contributed by atoms with Crippen LogP contribution < -0.4 is 5.32 Å². The Kier molecular flexibility index (Phi) is 4.51. The average Bonchev–Trinajstić information content (AvgIpc) is 3.08. The largest absolute Gasteiger partial charge is 0.310 e. The van der Waals surface area contributed by atoms with Crippen LogP contribution in [0.5, 0.6) is 0 Å². The first-order chi connectivity index (χ1) is 8.85. The smallest absolute Gasteiger partial charge is 0.138 e. The van der Waals surface area contributed by atoms with E-state index in [0.29, 0.717) is 0 Å². The third kappa shape index (κ3) is 4.77. The standard InChI is InChI=1S/C15H25N3S/c1-10-13(8-16-12-6-7-12)11(2)18-14(17-10)9-19-15(3,4)5/h12,16H,6-9H2,1-5H3. The molecule has 0 saturated heterocycles. The number of hydrogen-bond donors (Lipinski definition) is 1. The maximum absolute atomic E-state index is 4.66. The summed E-state index contributed by atoms with van der Waals surface area (Å²) in [6.07, 6.45) is 2.64. The summed E-state index contributed by atoms with van der Waals surface area (Å²) in [5, 5.41) is 3.55. The zero-order valence-corrected chi connectivity index (χ0v) is 13.5. The molecule has 0 unspecified atom stereocenters. The molecule has 106 valence electrons. The molecule has 0 radical (unpaired) electrons. The van der Waals surface area contributed by atoms with E-state index in [1.54, 1.807) is 0 Å². The topological polar surface area (TPSA) is 37.8 Å². The van der Waals surface area contributed by atoms with Crippen LogP contribution in [0.2, 0.25) is 0 Å². The van der Waals surface area contributed by atoms with Gasteiger partial charge in [-0.2, -0.15) is 0 Å². The van der Waals surface area contributed by atoms with Gasteiger partial charge in [0.05, 0.1) is 5.75 Å². The van der Waals surface area contributed by atoms with E-state index in [-0.39, 0.29) is 4.75 Å². The van der Waals surface area contributed by atoms with Gasteiger partial charge in [0, 0.05) is 34.3 Å². The fourth-order valence-electron chi connectivity index (χ4n) is 1.94. The van der Waals surface area contributed by atoms with E-state index in [9.17, 15) is 0 Å². The first-order valence-corrected chi connectivity index (χ1v) is 8.04. The van der Waals surface area contributed by atoms with Crippen LogP contribution in [0, 0.1) is 13.8 Å². The van der Waals surface area contributed by atoms with Gasteiger partial charge in [0.1, 0.15) is 5.82 Å². The van der Waals surface area contributed by atoms with Crippen LogP contribution in [-0.2, 0) is 12.3 Å². The Balaban J connectivity index is 2.02. The van der Waals surface area contributed by atoms with Crippen LogP contribution in [0.15, 0.2) is 0 Å². The van der Waals surface area contributed by atoms with Crippen molar-refractivity contribution >= 4 is 11.8 Å². The van der Waals surface area contributed by atoms with Gasteiger partial charge < -0.3 is 5.32 Å². The van der Waals surface area contributed by atoms with Crippen molar-refractivity contribution in [2.45, 2.75) is 70.5 Å². The lowest BCUT2D eigenvalue weighted by Crippen LogP contribution is -2.18. The highest BCUT2D eigenvalue weighted by atomic mass is 32.2. The highest BCUT2D eigenvalue weighted by molar-refractivity contribution is 7.99. The van der Waals surface area contributed by atoms with E-state index in [1.165, 1.54) is 18.4 Å². The van der Waals surface area contributed by atoms with E-state index >= 15 is 0 Å². The lowest BCUT2D eigenvalue weighted by molar-refractivity contribution is 0.673. The van der Waals surface area contributed by atoms with Gasteiger partial charge in [0.2, 0.25) is 0 Å². The van der Waals surface area contributed by atoms with E-state index in [4.69, 9.17) is 0 Å². The van der Waals surface area contributed by atoms with Gasteiger partial charge in [-0.15, -0.1) is 11.8 Å². The second-order valence-electron chi connectivity index (χ2n) is 6.35. The van der Waals surface area contributed by atoms with Crippen LogP contribution >= 0.6 is 11.8 Å². The first-order valence-electron chi connectivity index (χ1n) is 7.05. The average molecular weight is 279 g/mol. The number of aryl methyl sites for hydroxylation is 2. The molecule has 0 aromatic carbocycles. The zero-order chi connectivity index (χ0) is 14.0.